The van der Waals surface area contributed by atoms with Crippen molar-refractivity contribution in [1.82, 2.24) is 0 Å². The third-order valence-electron chi connectivity index (χ3n) is 2.44. The van der Waals surface area contributed by atoms with Gasteiger partial charge in [0, 0.05) is 0 Å². The molecule has 1 aromatic heterocycles. The summed E-state index contributed by atoms with van der Waals surface area (Å²) in [5.41, 5.74) is 0.0810. The van der Waals surface area contributed by atoms with E-state index < -0.39 is 16.6 Å². The van der Waals surface area contributed by atoms with Crippen molar-refractivity contribution in [2.24, 2.45) is 0 Å². The van der Waals surface area contributed by atoms with Crippen LogP contribution in [0.3, 0.4) is 0 Å². The van der Waals surface area contributed by atoms with E-state index in [4.69, 9.17) is 9.15 Å². The Morgan fingerprint density at radius 3 is 2.60 bits per heavy atom. The summed E-state index contributed by atoms with van der Waals surface area (Å²) >= 11 is 0. The number of nitro groups is 1. The molecule has 6 nitrogen and oxygen atoms in total. The minimum Gasteiger partial charge on any atom is -0.465 e. The second-order valence-electron chi connectivity index (χ2n) is 3.86. The molecule has 0 saturated carbocycles. The van der Waals surface area contributed by atoms with E-state index in [9.17, 15) is 14.9 Å². The molecule has 0 spiro atoms. The van der Waals surface area contributed by atoms with Gasteiger partial charge in [-0.1, -0.05) is 30.3 Å². The number of ether oxygens (including phenoxy) is 1. The van der Waals surface area contributed by atoms with Crippen LogP contribution < -0.4 is 0 Å². The molecule has 2 rings (SSSR count). The predicted octanol–water partition coefficient (Wildman–Crippen LogP) is 2.64. The van der Waals surface area contributed by atoms with Crippen LogP contribution in [-0.4, -0.2) is 10.9 Å². The largest absolute Gasteiger partial charge is 0.465 e. The molecule has 0 amide bonds. The first-order chi connectivity index (χ1) is 9.66. The number of rotatable bonds is 5. The minimum absolute atomic E-state index is 0.0248. The Morgan fingerprint density at radius 1 is 1.25 bits per heavy atom. The van der Waals surface area contributed by atoms with E-state index >= 15 is 0 Å². The van der Waals surface area contributed by atoms with Gasteiger partial charge in [0.2, 0.25) is 0 Å². The van der Waals surface area contributed by atoms with Gasteiger partial charge in [0.05, 0.1) is 17.3 Å². The van der Waals surface area contributed by atoms with E-state index in [0.29, 0.717) is 0 Å². The highest BCUT2D eigenvalue weighted by Gasteiger charge is 2.24. The number of hydrogen-bond acceptors (Lipinski definition) is 5. The van der Waals surface area contributed by atoms with Crippen LogP contribution in [-0.2, 0) is 16.1 Å². The summed E-state index contributed by atoms with van der Waals surface area (Å²) in [4.78, 5) is 21.8. The van der Waals surface area contributed by atoms with Crippen LogP contribution in [0.2, 0.25) is 0 Å². The highest BCUT2D eigenvalue weighted by Crippen LogP contribution is 2.11. The van der Waals surface area contributed by atoms with Gasteiger partial charge in [0.15, 0.2) is 0 Å². The summed E-state index contributed by atoms with van der Waals surface area (Å²) in [6.07, 6.45) is 2.39. The SMILES string of the molecule is O=C(OCc1ccccc1)/C(=C/c1ccco1)[N+](=O)[O-]. The molecule has 1 aromatic carbocycles. The topological polar surface area (TPSA) is 82.6 Å². The number of nitrogens with zero attached hydrogens (tertiary/aromatic N) is 1. The summed E-state index contributed by atoms with van der Waals surface area (Å²) in [6, 6.07) is 12.0. The number of furan rings is 1. The smallest absolute Gasteiger partial charge is 0.410 e. The fraction of sp³-hybridized carbons (Fsp3) is 0.0714. The summed E-state index contributed by atoms with van der Waals surface area (Å²) in [5.74, 6) is -0.788. The van der Waals surface area contributed by atoms with E-state index in [2.05, 4.69) is 0 Å². The number of benzene rings is 1. The summed E-state index contributed by atoms with van der Waals surface area (Å²) in [7, 11) is 0. The fourth-order valence-corrected chi connectivity index (χ4v) is 1.49. The van der Waals surface area contributed by atoms with Crippen molar-refractivity contribution in [1.29, 1.82) is 0 Å². The normalized spacial score (nSPS) is 11.1. The first kappa shape index (κ1) is 13.5. The van der Waals surface area contributed by atoms with Crippen molar-refractivity contribution in [2.75, 3.05) is 0 Å². The second-order valence-corrected chi connectivity index (χ2v) is 3.86. The Balaban J connectivity index is 2.07. The van der Waals surface area contributed by atoms with Crippen LogP contribution >= 0.6 is 0 Å². The highest BCUT2D eigenvalue weighted by molar-refractivity contribution is 5.90. The van der Waals surface area contributed by atoms with Crippen LogP contribution in [0.15, 0.2) is 58.8 Å². The van der Waals surface area contributed by atoms with Gasteiger partial charge in [-0.2, -0.15) is 0 Å². The van der Waals surface area contributed by atoms with Gasteiger partial charge in [-0.15, -0.1) is 0 Å². The zero-order chi connectivity index (χ0) is 14.4. The first-order valence-corrected chi connectivity index (χ1v) is 5.77. The molecule has 0 aliphatic heterocycles. The summed E-state index contributed by atoms with van der Waals surface area (Å²) in [5, 5.41) is 10.9. The lowest BCUT2D eigenvalue weighted by molar-refractivity contribution is -0.419. The van der Waals surface area contributed by atoms with E-state index in [0.717, 1.165) is 11.6 Å². The number of hydrogen-bond donors (Lipinski definition) is 0. The molecule has 6 heteroatoms. The zero-order valence-corrected chi connectivity index (χ0v) is 10.4. The van der Waals surface area contributed by atoms with Gasteiger partial charge >= 0.3 is 11.7 Å². The molecule has 2 aromatic rings. The lowest BCUT2D eigenvalue weighted by Crippen LogP contribution is -2.14. The highest BCUT2D eigenvalue weighted by atomic mass is 16.6. The van der Waals surface area contributed by atoms with Crippen molar-refractivity contribution in [3.05, 3.63) is 75.9 Å². The van der Waals surface area contributed by atoms with Crippen LogP contribution in [0.25, 0.3) is 6.08 Å². The average molecular weight is 273 g/mol. The molecule has 0 N–H and O–H groups in total. The third kappa shape index (κ3) is 3.55. The Morgan fingerprint density at radius 2 is 2.00 bits per heavy atom. The molecule has 0 saturated heterocycles. The summed E-state index contributed by atoms with van der Waals surface area (Å²) in [6.45, 7) is -0.0248. The van der Waals surface area contributed by atoms with Gasteiger partial charge in [-0.3, -0.25) is 10.1 Å². The number of carbonyl (C=O) groups is 1. The van der Waals surface area contributed by atoms with Crippen molar-refractivity contribution in [2.45, 2.75) is 6.61 Å². The van der Waals surface area contributed by atoms with Crippen LogP contribution in [0.5, 0.6) is 0 Å². The van der Waals surface area contributed by atoms with Gasteiger partial charge in [-0.05, 0) is 17.7 Å². The molecule has 0 radical (unpaired) electrons. The zero-order valence-electron chi connectivity index (χ0n) is 10.4. The molecular weight excluding hydrogens is 262 g/mol. The molecular formula is C14H11NO5. The van der Waals surface area contributed by atoms with Crippen LogP contribution in [0, 0.1) is 10.1 Å². The number of esters is 1. The maximum absolute atomic E-state index is 11.7. The minimum atomic E-state index is -1.00. The van der Waals surface area contributed by atoms with Crippen molar-refractivity contribution >= 4 is 12.0 Å². The van der Waals surface area contributed by atoms with Crippen LogP contribution in [0.4, 0.5) is 0 Å². The Hall–Kier alpha value is -2.89. The monoisotopic (exact) mass is 273 g/mol. The van der Waals surface area contributed by atoms with Crippen molar-refractivity contribution < 1.29 is 18.9 Å². The first-order valence-electron chi connectivity index (χ1n) is 5.77. The van der Waals surface area contributed by atoms with E-state index in [1.54, 1.807) is 30.3 Å². The molecule has 20 heavy (non-hydrogen) atoms. The predicted molar refractivity (Wildman–Crippen MR) is 69.9 cm³/mol. The molecule has 102 valence electrons. The molecule has 1 heterocycles. The number of carbonyl (C=O) groups excluding carboxylic acids is 1. The van der Waals surface area contributed by atoms with E-state index in [-0.39, 0.29) is 12.4 Å². The van der Waals surface area contributed by atoms with Crippen molar-refractivity contribution in [3.8, 4) is 0 Å². The maximum atomic E-state index is 11.7. The van der Waals surface area contributed by atoms with Gasteiger partial charge < -0.3 is 9.15 Å². The standard InChI is InChI=1S/C14H11NO5/c16-14(20-10-11-5-2-1-3-6-11)13(15(17)18)9-12-7-4-8-19-12/h1-9H,10H2/b13-9-. The third-order valence-corrected chi connectivity index (χ3v) is 2.44. The van der Waals surface area contributed by atoms with Gasteiger partial charge in [0.25, 0.3) is 0 Å². The van der Waals surface area contributed by atoms with E-state index in [1.165, 1.54) is 12.3 Å². The second kappa shape index (κ2) is 6.33. The maximum Gasteiger partial charge on any atom is 0.410 e. The lowest BCUT2D eigenvalue weighted by Gasteiger charge is -2.02. The fourth-order valence-electron chi connectivity index (χ4n) is 1.49. The van der Waals surface area contributed by atoms with Crippen LogP contribution in [0.1, 0.15) is 11.3 Å². The molecule has 0 bridgehead atoms. The van der Waals surface area contributed by atoms with E-state index in [1.807, 2.05) is 6.07 Å². The van der Waals surface area contributed by atoms with Gasteiger partial charge in [-0.25, -0.2) is 4.79 Å². The molecule has 0 fully saturated rings. The summed E-state index contributed by atoms with van der Waals surface area (Å²) < 4.78 is 9.85. The Kier molecular flexibility index (Phi) is 4.28. The molecule has 0 unspecified atom stereocenters. The molecule has 0 aliphatic rings. The molecule has 0 aliphatic carbocycles. The molecule has 0 atom stereocenters. The van der Waals surface area contributed by atoms with Gasteiger partial charge in [0.1, 0.15) is 12.4 Å². The quantitative estimate of drug-likeness (QED) is 0.362. The lowest BCUT2D eigenvalue weighted by atomic mass is 10.2. The van der Waals surface area contributed by atoms with Crippen molar-refractivity contribution in [3.63, 3.8) is 0 Å². The average Bonchev–Trinajstić information content (AvgIpc) is 2.96. The Labute approximate surface area is 114 Å². The Bertz CT molecular complexity index is 616.